The number of amides is 1. The zero-order valence-corrected chi connectivity index (χ0v) is 23.6. The lowest BCUT2D eigenvalue weighted by atomic mass is 9.94. The smallest absolute Gasteiger partial charge is 0.295 e. The molecule has 1 amide bonds. The second-order valence-electron chi connectivity index (χ2n) is 10.1. The number of likely N-dealkylation sites (tertiary alicyclic amines) is 1. The van der Waals surface area contributed by atoms with Crippen LogP contribution < -0.4 is 14.2 Å². The third kappa shape index (κ3) is 6.47. The van der Waals surface area contributed by atoms with Gasteiger partial charge in [-0.1, -0.05) is 50.2 Å². The molecule has 0 aromatic heterocycles. The molecule has 1 unspecified atom stereocenters. The van der Waals surface area contributed by atoms with Gasteiger partial charge in [0.15, 0.2) is 11.5 Å². The molecule has 1 atom stereocenters. The van der Waals surface area contributed by atoms with Gasteiger partial charge < -0.3 is 24.2 Å². The van der Waals surface area contributed by atoms with Crippen LogP contribution in [0.4, 0.5) is 0 Å². The van der Waals surface area contributed by atoms with Gasteiger partial charge in [-0.25, -0.2) is 0 Å². The maximum absolute atomic E-state index is 13.4. The van der Waals surface area contributed by atoms with Crippen molar-refractivity contribution in [2.45, 2.75) is 39.7 Å². The van der Waals surface area contributed by atoms with Crippen LogP contribution in [0.25, 0.3) is 5.76 Å². The number of carbonyl (C=O) groups is 2. The summed E-state index contributed by atoms with van der Waals surface area (Å²) in [6.45, 7) is 7.43. The van der Waals surface area contributed by atoms with Crippen molar-refractivity contribution in [1.29, 1.82) is 0 Å². The maximum Gasteiger partial charge on any atom is 0.295 e. The van der Waals surface area contributed by atoms with E-state index in [0.29, 0.717) is 60.5 Å². The zero-order chi connectivity index (χ0) is 28.6. The average molecular weight is 544 g/mol. The average Bonchev–Trinajstić information content (AvgIpc) is 3.22. The van der Waals surface area contributed by atoms with E-state index < -0.39 is 17.7 Å². The van der Waals surface area contributed by atoms with E-state index >= 15 is 0 Å². The van der Waals surface area contributed by atoms with Crippen LogP contribution in [0.2, 0.25) is 0 Å². The second-order valence-corrected chi connectivity index (χ2v) is 10.1. The Morgan fingerprint density at radius 1 is 0.950 bits per heavy atom. The normalized spacial score (nSPS) is 16.4. The molecular weight excluding hydrogens is 506 g/mol. The maximum atomic E-state index is 13.4. The third-order valence-electron chi connectivity index (χ3n) is 6.92. The SMILES string of the molecule is CCOc1cc(C2/C(=C(\O)c3ccc(OC)cc3)C(=O)C(=O)N2CCc2ccccc2)ccc1OCCC(C)C. The number of carbonyl (C=O) groups excluding carboxylic acids is 2. The van der Waals surface area contributed by atoms with Crippen LogP contribution in [-0.4, -0.2) is 48.6 Å². The van der Waals surface area contributed by atoms with Crippen LogP contribution in [0.15, 0.2) is 78.4 Å². The third-order valence-corrected chi connectivity index (χ3v) is 6.92. The van der Waals surface area contributed by atoms with Crippen molar-refractivity contribution in [3.63, 3.8) is 0 Å². The van der Waals surface area contributed by atoms with Crippen LogP contribution in [0.1, 0.15) is 49.9 Å². The summed E-state index contributed by atoms with van der Waals surface area (Å²) in [5, 5.41) is 11.4. The zero-order valence-electron chi connectivity index (χ0n) is 23.6. The van der Waals surface area contributed by atoms with Crippen LogP contribution in [0, 0.1) is 5.92 Å². The molecule has 0 aliphatic carbocycles. The first-order valence-electron chi connectivity index (χ1n) is 13.7. The Balaban J connectivity index is 1.77. The minimum atomic E-state index is -0.797. The molecule has 0 bridgehead atoms. The summed E-state index contributed by atoms with van der Waals surface area (Å²) in [6.07, 6.45) is 1.45. The van der Waals surface area contributed by atoms with E-state index in [1.165, 1.54) is 4.90 Å². The first-order valence-corrected chi connectivity index (χ1v) is 13.7. The number of nitrogens with zero attached hydrogens (tertiary/aromatic N) is 1. The molecule has 1 aliphatic heterocycles. The highest BCUT2D eigenvalue weighted by Gasteiger charge is 2.46. The molecule has 7 heteroatoms. The molecule has 1 fully saturated rings. The molecule has 3 aromatic rings. The summed E-state index contributed by atoms with van der Waals surface area (Å²) in [4.78, 5) is 28.4. The number of aliphatic hydroxyl groups excluding tert-OH is 1. The largest absolute Gasteiger partial charge is 0.507 e. The monoisotopic (exact) mass is 543 g/mol. The van der Waals surface area contributed by atoms with Gasteiger partial charge in [-0.15, -0.1) is 0 Å². The van der Waals surface area contributed by atoms with Gasteiger partial charge in [0.05, 0.1) is 31.9 Å². The summed E-state index contributed by atoms with van der Waals surface area (Å²) in [6, 6.07) is 21.2. The van der Waals surface area contributed by atoms with Gasteiger partial charge in [0.1, 0.15) is 11.5 Å². The summed E-state index contributed by atoms with van der Waals surface area (Å²) in [7, 11) is 1.55. The van der Waals surface area contributed by atoms with E-state index in [2.05, 4.69) is 13.8 Å². The number of aliphatic hydroxyl groups is 1. The summed E-state index contributed by atoms with van der Waals surface area (Å²) >= 11 is 0. The summed E-state index contributed by atoms with van der Waals surface area (Å²) in [5.41, 5.74) is 2.16. The lowest BCUT2D eigenvalue weighted by Crippen LogP contribution is -2.31. The van der Waals surface area contributed by atoms with Crippen molar-refractivity contribution in [1.82, 2.24) is 4.90 Å². The van der Waals surface area contributed by atoms with Crippen LogP contribution >= 0.6 is 0 Å². The molecule has 1 aliphatic rings. The van der Waals surface area contributed by atoms with Gasteiger partial charge in [0.2, 0.25) is 0 Å². The predicted octanol–water partition coefficient (Wildman–Crippen LogP) is 6.18. The highest BCUT2D eigenvalue weighted by atomic mass is 16.5. The lowest BCUT2D eigenvalue weighted by Gasteiger charge is -2.26. The number of ether oxygens (including phenoxy) is 3. The Morgan fingerprint density at radius 2 is 1.68 bits per heavy atom. The number of methoxy groups -OCH3 is 1. The molecule has 1 saturated heterocycles. The van der Waals surface area contributed by atoms with Crippen molar-refractivity contribution in [3.05, 3.63) is 95.1 Å². The fraction of sp³-hybridized carbons (Fsp3) is 0.333. The molecule has 0 spiro atoms. The molecule has 0 radical (unpaired) electrons. The standard InChI is InChI=1S/C33H37NO6/c1-5-39-28-21-25(13-16-27(28)40-20-18-22(2)3)30-29(31(35)24-11-14-26(38-4)15-12-24)32(36)33(37)34(30)19-17-23-9-7-6-8-10-23/h6-16,21-22,30,35H,5,17-20H2,1-4H3/b31-29+. The molecule has 40 heavy (non-hydrogen) atoms. The number of hydrogen-bond acceptors (Lipinski definition) is 6. The molecule has 1 heterocycles. The van der Waals surface area contributed by atoms with Crippen LogP contribution in [0.3, 0.4) is 0 Å². The second kappa shape index (κ2) is 13.2. The highest BCUT2D eigenvalue weighted by molar-refractivity contribution is 6.46. The lowest BCUT2D eigenvalue weighted by molar-refractivity contribution is -0.139. The Bertz CT molecular complexity index is 1350. The van der Waals surface area contributed by atoms with Crippen molar-refractivity contribution in [2.75, 3.05) is 26.9 Å². The number of hydrogen-bond donors (Lipinski definition) is 1. The van der Waals surface area contributed by atoms with Gasteiger partial charge in [-0.05, 0) is 73.2 Å². The molecular formula is C33H37NO6. The molecule has 210 valence electrons. The molecule has 7 nitrogen and oxygen atoms in total. The molecule has 3 aromatic carbocycles. The minimum Gasteiger partial charge on any atom is -0.507 e. The van der Waals surface area contributed by atoms with Gasteiger partial charge in [0.25, 0.3) is 11.7 Å². The topological polar surface area (TPSA) is 85.3 Å². The van der Waals surface area contributed by atoms with Crippen molar-refractivity contribution in [2.24, 2.45) is 5.92 Å². The van der Waals surface area contributed by atoms with Crippen LogP contribution in [0.5, 0.6) is 17.2 Å². The number of ketones is 1. The predicted molar refractivity (Wildman–Crippen MR) is 155 cm³/mol. The van der Waals surface area contributed by atoms with Gasteiger partial charge in [-0.2, -0.15) is 0 Å². The summed E-state index contributed by atoms with van der Waals surface area (Å²) in [5.74, 6) is 0.642. The van der Waals surface area contributed by atoms with Crippen molar-refractivity contribution >= 4 is 17.4 Å². The Morgan fingerprint density at radius 3 is 2.33 bits per heavy atom. The molecule has 1 N–H and O–H groups in total. The Hall–Kier alpha value is -4.26. The van der Waals surface area contributed by atoms with E-state index in [0.717, 1.165) is 12.0 Å². The quantitative estimate of drug-likeness (QED) is 0.167. The Kier molecular flexibility index (Phi) is 9.48. The van der Waals surface area contributed by atoms with Crippen molar-refractivity contribution < 1.29 is 28.9 Å². The van der Waals surface area contributed by atoms with E-state index in [4.69, 9.17) is 14.2 Å². The number of benzene rings is 3. The van der Waals surface area contributed by atoms with Crippen LogP contribution in [-0.2, 0) is 16.0 Å². The first kappa shape index (κ1) is 28.7. The van der Waals surface area contributed by atoms with E-state index in [1.807, 2.05) is 55.5 Å². The highest BCUT2D eigenvalue weighted by Crippen LogP contribution is 2.42. The minimum absolute atomic E-state index is 0.0409. The Labute approximate surface area is 236 Å². The molecule has 0 saturated carbocycles. The molecule has 4 rings (SSSR count). The van der Waals surface area contributed by atoms with E-state index in [9.17, 15) is 14.7 Å². The number of rotatable bonds is 12. The van der Waals surface area contributed by atoms with Crippen molar-refractivity contribution in [3.8, 4) is 17.2 Å². The van der Waals surface area contributed by atoms with Gasteiger partial charge in [-0.3, -0.25) is 9.59 Å². The van der Waals surface area contributed by atoms with Gasteiger partial charge in [0, 0.05) is 12.1 Å². The van der Waals surface area contributed by atoms with Gasteiger partial charge >= 0.3 is 0 Å². The summed E-state index contributed by atoms with van der Waals surface area (Å²) < 4.78 is 17.2. The first-order chi connectivity index (χ1) is 19.3. The fourth-order valence-corrected chi connectivity index (χ4v) is 4.74. The van der Waals surface area contributed by atoms with E-state index in [1.54, 1.807) is 31.4 Å². The number of Topliss-reactive ketones (excluding diaryl/α,β-unsaturated/α-hetero) is 1. The fourth-order valence-electron chi connectivity index (χ4n) is 4.74. The van der Waals surface area contributed by atoms with E-state index in [-0.39, 0.29) is 11.3 Å².